The molecule has 2 N–H and O–H groups in total. The highest BCUT2D eigenvalue weighted by molar-refractivity contribution is 7.80. The number of furan rings is 1. The normalized spacial score (nSPS) is 15.6. The second-order valence-electron chi connectivity index (χ2n) is 6.49. The zero-order valence-corrected chi connectivity index (χ0v) is 15.5. The number of hydrogen-bond acceptors (Lipinski definition) is 5. The van der Waals surface area contributed by atoms with E-state index in [9.17, 15) is 13.2 Å². The molecule has 0 saturated carbocycles. The van der Waals surface area contributed by atoms with Crippen LogP contribution < -0.4 is 15.5 Å². The van der Waals surface area contributed by atoms with Gasteiger partial charge in [-0.1, -0.05) is 6.92 Å². The molecule has 2 aromatic heterocycles. The Labute approximate surface area is 160 Å². The summed E-state index contributed by atoms with van der Waals surface area (Å²) in [6, 6.07) is 4.47. The van der Waals surface area contributed by atoms with Crippen LogP contribution >= 0.6 is 12.2 Å². The summed E-state index contributed by atoms with van der Waals surface area (Å²) in [4.78, 5) is 9.66. The highest BCUT2D eigenvalue weighted by Crippen LogP contribution is 2.31. The maximum Gasteiger partial charge on any atom is 0.433 e. The van der Waals surface area contributed by atoms with Crippen LogP contribution in [0.3, 0.4) is 0 Å². The van der Waals surface area contributed by atoms with Gasteiger partial charge < -0.3 is 20.0 Å². The highest BCUT2D eigenvalue weighted by Gasteiger charge is 2.34. The third kappa shape index (κ3) is 5.31. The predicted molar refractivity (Wildman–Crippen MR) is 99.4 cm³/mol. The van der Waals surface area contributed by atoms with E-state index < -0.39 is 11.9 Å². The largest absolute Gasteiger partial charge is 0.467 e. The van der Waals surface area contributed by atoms with Crippen LogP contribution in [0.5, 0.6) is 0 Å². The first-order valence-corrected chi connectivity index (χ1v) is 9.00. The van der Waals surface area contributed by atoms with Gasteiger partial charge in [0.25, 0.3) is 0 Å². The van der Waals surface area contributed by atoms with Gasteiger partial charge in [-0.25, -0.2) is 4.98 Å². The van der Waals surface area contributed by atoms with Gasteiger partial charge in [-0.15, -0.1) is 0 Å². The lowest BCUT2D eigenvalue weighted by Crippen LogP contribution is -2.34. The van der Waals surface area contributed by atoms with Crippen LogP contribution in [0.15, 0.2) is 28.9 Å². The molecule has 0 atom stereocenters. The van der Waals surface area contributed by atoms with Crippen molar-refractivity contribution in [3.8, 4) is 0 Å². The second kappa shape index (κ2) is 8.12. The zero-order valence-electron chi connectivity index (χ0n) is 14.7. The number of thiocarbonyl (C=S) groups is 1. The number of nitrogens with zero attached hydrogens (tertiary/aromatic N) is 3. The smallest absolute Gasteiger partial charge is 0.433 e. The summed E-state index contributed by atoms with van der Waals surface area (Å²) in [6.45, 7) is 3.76. The number of halogens is 3. The van der Waals surface area contributed by atoms with E-state index in [4.69, 9.17) is 16.6 Å². The maximum atomic E-state index is 13.3. The molecule has 3 rings (SSSR count). The van der Waals surface area contributed by atoms with Gasteiger partial charge in [0.15, 0.2) is 10.8 Å². The molecule has 1 fully saturated rings. The van der Waals surface area contributed by atoms with Gasteiger partial charge in [-0.05, 0) is 43.1 Å². The summed E-state index contributed by atoms with van der Waals surface area (Å²) < 4.78 is 44.9. The predicted octanol–water partition coefficient (Wildman–Crippen LogP) is 3.81. The summed E-state index contributed by atoms with van der Waals surface area (Å²) >= 11 is 5.12. The van der Waals surface area contributed by atoms with Crippen LogP contribution in [0, 0.1) is 5.92 Å². The maximum absolute atomic E-state index is 13.3. The molecule has 0 spiro atoms. The van der Waals surface area contributed by atoms with Crippen molar-refractivity contribution in [3.05, 3.63) is 35.9 Å². The first kappa shape index (κ1) is 19.4. The Balaban J connectivity index is 1.74. The topological polar surface area (TPSA) is 66.2 Å². The molecule has 3 heterocycles. The van der Waals surface area contributed by atoms with Crippen LogP contribution in [0.4, 0.5) is 24.9 Å². The van der Waals surface area contributed by atoms with E-state index >= 15 is 0 Å². The Bertz CT molecular complexity index is 773. The van der Waals surface area contributed by atoms with Crippen molar-refractivity contribution < 1.29 is 17.6 Å². The van der Waals surface area contributed by atoms with Crippen LogP contribution in [-0.2, 0) is 12.7 Å². The molecule has 0 radical (unpaired) electrons. The molecule has 2 aromatic rings. The third-order valence-corrected chi connectivity index (χ3v) is 4.59. The molecule has 0 amide bonds. The van der Waals surface area contributed by atoms with Crippen molar-refractivity contribution >= 4 is 29.1 Å². The minimum absolute atomic E-state index is 0.115. The van der Waals surface area contributed by atoms with E-state index in [2.05, 4.69) is 27.5 Å². The molecule has 0 aromatic carbocycles. The molecule has 6 nitrogen and oxygen atoms in total. The lowest BCUT2D eigenvalue weighted by molar-refractivity contribution is -0.141. The molecule has 146 valence electrons. The highest BCUT2D eigenvalue weighted by atomic mass is 32.1. The fourth-order valence-corrected chi connectivity index (χ4v) is 2.92. The van der Waals surface area contributed by atoms with E-state index in [0.29, 0.717) is 31.3 Å². The van der Waals surface area contributed by atoms with Crippen molar-refractivity contribution in [1.82, 2.24) is 15.3 Å². The summed E-state index contributed by atoms with van der Waals surface area (Å²) in [5.41, 5.74) is -0.998. The Morgan fingerprint density at radius 3 is 2.70 bits per heavy atom. The second-order valence-corrected chi connectivity index (χ2v) is 6.90. The molecule has 1 aliphatic rings. The van der Waals surface area contributed by atoms with Crippen LogP contribution in [-0.4, -0.2) is 28.2 Å². The summed E-state index contributed by atoms with van der Waals surface area (Å²) in [5.74, 6) is 1.27. The first-order chi connectivity index (χ1) is 12.8. The zero-order chi connectivity index (χ0) is 19.4. The minimum atomic E-state index is -4.57. The van der Waals surface area contributed by atoms with E-state index in [1.165, 1.54) is 6.26 Å². The van der Waals surface area contributed by atoms with E-state index in [-0.39, 0.29) is 16.9 Å². The van der Waals surface area contributed by atoms with Gasteiger partial charge in [0.05, 0.1) is 12.8 Å². The number of piperidine rings is 1. The molecule has 1 aliphatic heterocycles. The van der Waals surface area contributed by atoms with Crippen LogP contribution in [0.2, 0.25) is 0 Å². The number of nitrogens with one attached hydrogen (secondary N) is 2. The molecular weight excluding hydrogens is 379 g/mol. The number of anilines is 2. The lowest BCUT2D eigenvalue weighted by Gasteiger charge is -2.31. The van der Waals surface area contributed by atoms with Crippen molar-refractivity contribution in [1.29, 1.82) is 0 Å². The fourth-order valence-electron chi connectivity index (χ4n) is 2.76. The molecule has 1 saturated heterocycles. The molecular formula is C17H20F3N5OS. The lowest BCUT2D eigenvalue weighted by atomic mass is 9.99. The quantitative estimate of drug-likeness (QED) is 0.758. The standard InChI is InChI=1S/C17H20F3N5OS/c1-11-4-6-25(7-5-11)14-9-13(17(18,19)20)22-15(23-14)24-16(27)21-10-12-3-2-8-26-12/h2-3,8-9,11H,4-7,10H2,1H3,(H2,21,22,23,24,27). The van der Waals surface area contributed by atoms with Gasteiger partial charge in [0.1, 0.15) is 11.6 Å². The van der Waals surface area contributed by atoms with Crippen molar-refractivity contribution in [2.24, 2.45) is 5.92 Å². The van der Waals surface area contributed by atoms with Crippen molar-refractivity contribution in [2.75, 3.05) is 23.3 Å². The molecule has 10 heteroatoms. The Morgan fingerprint density at radius 2 is 2.07 bits per heavy atom. The molecule has 0 aliphatic carbocycles. The first-order valence-electron chi connectivity index (χ1n) is 8.60. The van der Waals surface area contributed by atoms with Crippen molar-refractivity contribution in [3.63, 3.8) is 0 Å². The summed E-state index contributed by atoms with van der Waals surface area (Å²) in [7, 11) is 0. The van der Waals surface area contributed by atoms with Crippen LogP contribution in [0.25, 0.3) is 0 Å². The minimum Gasteiger partial charge on any atom is -0.467 e. The van der Waals surface area contributed by atoms with Gasteiger partial charge in [0, 0.05) is 19.2 Å². The number of aromatic nitrogens is 2. The van der Waals surface area contributed by atoms with Crippen molar-refractivity contribution in [2.45, 2.75) is 32.5 Å². The summed E-state index contributed by atoms with van der Waals surface area (Å²) in [5, 5.41) is 5.60. The van der Waals surface area contributed by atoms with Gasteiger partial charge in [-0.2, -0.15) is 18.2 Å². The number of alkyl halides is 3. The summed E-state index contributed by atoms with van der Waals surface area (Å²) in [6.07, 6.45) is -1.22. The average Bonchev–Trinajstić information content (AvgIpc) is 3.13. The van der Waals surface area contributed by atoms with Gasteiger partial charge >= 0.3 is 6.18 Å². The van der Waals surface area contributed by atoms with Gasteiger partial charge in [0.2, 0.25) is 5.95 Å². The Kier molecular flexibility index (Phi) is 5.83. The van der Waals surface area contributed by atoms with Crippen LogP contribution in [0.1, 0.15) is 31.2 Å². The van der Waals surface area contributed by atoms with E-state index in [0.717, 1.165) is 18.9 Å². The number of rotatable bonds is 4. The Hall–Kier alpha value is -2.36. The third-order valence-electron chi connectivity index (χ3n) is 4.34. The molecule has 0 unspecified atom stereocenters. The SMILES string of the molecule is CC1CCN(c2cc(C(F)(F)F)nc(NC(=S)NCc3ccco3)n2)CC1. The van der Waals surface area contributed by atoms with E-state index in [1.807, 2.05) is 4.90 Å². The molecule has 0 bridgehead atoms. The monoisotopic (exact) mass is 399 g/mol. The van der Waals surface area contributed by atoms with Gasteiger partial charge in [-0.3, -0.25) is 0 Å². The fraction of sp³-hybridized carbons (Fsp3) is 0.471. The molecule has 27 heavy (non-hydrogen) atoms. The van der Waals surface area contributed by atoms with E-state index in [1.54, 1.807) is 12.1 Å². The Morgan fingerprint density at radius 1 is 1.33 bits per heavy atom. The number of hydrogen-bond donors (Lipinski definition) is 2. The average molecular weight is 399 g/mol.